The van der Waals surface area contributed by atoms with Crippen LogP contribution in [0.4, 0.5) is 11.6 Å². The summed E-state index contributed by atoms with van der Waals surface area (Å²) < 4.78 is 6.27. The van der Waals surface area contributed by atoms with Gasteiger partial charge in [-0.2, -0.15) is 10.2 Å². The zero-order valence-electron chi connectivity index (χ0n) is 16.8. The summed E-state index contributed by atoms with van der Waals surface area (Å²) in [4.78, 5) is 12.5. The molecule has 0 bridgehead atoms. The van der Waals surface area contributed by atoms with Crippen LogP contribution in [0.2, 0.25) is 0 Å². The van der Waals surface area contributed by atoms with Gasteiger partial charge in [-0.15, -0.1) is 0 Å². The number of nitrogens with zero attached hydrogens (tertiary/aromatic N) is 3. The number of aromatic nitrogens is 3. The molecule has 0 aliphatic rings. The number of benzene rings is 2. The number of nitriles is 1. The highest BCUT2D eigenvalue weighted by Crippen LogP contribution is 2.34. The molecule has 0 saturated carbocycles. The van der Waals surface area contributed by atoms with Gasteiger partial charge in [-0.1, -0.05) is 17.7 Å². The van der Waals surface area contributed by atoms with Gasteiger partial charge in [-0.25, -0.2) is 4.98 Å². The first-order chi connectivity index (χ1) is 13.9. The fourth-order valence-corrected chi connectivity index (χ4v) is 3.42. The van der Waals surface area contributed by atoms with E-state index in [0.717, 1.165) is 39.2 Å². The summed E-state index contributed by atoms with van der Waals surface area (Å²) in [6.07, 6.45) is 1.90. The Kier molecular flexibility index (Phi) is 4.65. The van der Waals surface area contributed by atoms with Gasteiger partial charge >= 0.3 is 0 Å². The lowest BCUT2D eigenvalue weighted by Crippen LogP contribution is -2.01. The molecule has 0 unspecified atom stereocenters. The van der Waals surface area contributed by atoms with Crippen LogP contribution in [0.3, 0.4) is 0 Å². The first-order valence-electron chi connectivity index (χ1n) is 9.33. The van der Waals surface area contributed by atoms with Crippen molar-refractivity contribution in [3.05, 3.63) is 70.4 Å². The molecule has 0 aliphatic heterocycles. The van der Waals surface area contributed by atoms with Crippen molar-refractivity contribution in [2.24, 2.45) is 0 Å². The second kappa shape index (κ2) is 7.28. The maximum Gasteiger partial charge on any atom is 0.248 e. The Labute approximate surface area is 169 Å². The number of aryl methyl sites for hydroxylation is 4. The van der Waals surface area contributed by atoms with E-state index in [1.54, 1.807) is 12.1 Å². The summed E-state index contributed by atoms with van der Waals surface area (Å²) >= 11 is 0. The Hall–Kier alpha value is -3.85. The quantitative estimate of drug-likeness (QED) is 0.479. The highest BCUT2D eigenvalue weighted by molar-refractivity contribution is 5.85. The minimum Gasteiger partial charge on any atom is -0.436 e. The molecule has 0 fully saturated rings. The molecule has 0 radical (unpaired) electrons. The Bertz CT molecular complexity index is 1230. The second-order valence-corrected chi connectivity index (χ2v) is 7.19. The predicted octanol–water partition coefficient (Wildman–Crippen LogP) is 5.60. The van der Waals surface area contributed by atoms with Crippen molar-refractivity contribution >= 4 is 22.7 Å². The number of anilines is 2. The van der Waals surface area contributed by atoms with Crippen LogP contribution in [-0.2, 0) is 0 Å². The van der Waals surface area contributed by atoms with E-state index in [-0.39, 0.29) is 0 Å². The number of fused-ring (bicyclic) bond motifs is 1. The third kappa shape index (κ3) is 3.63. The molecule has 2 N–H and O–H groups in total. The zero-order chi connectivity index (χ0) is 20.5. The summed E-state index contributed by atoms with van der Waals surface area (Å²) in [5.41, 5.74) is 7.26. The van der Waals surface area contributed by atoms with E-state index < -0.39 is 0 Å². The molecule has 2 aromatic carbocycles. The van der Waals surface area contributed by atoms with E-state index in [1.165, 1.54) is 5.56 Å². The van der Waals surface area contributed by atoms with E-state index in [2.05, 4.69) is 45.4 Å². The Morgan fingerprint density at radius 1 is 0.966 bits per heavy atom. The van der Waals surface area contributed by atoms with E-state index in [0.29, 0.717) is 17.4 Å². The van der Waals surface area contributed by atoms with Crippen LogP contribution < -0.4 is 10.1 Å². The van der Waals surface area contributed by atoms with Gasteiger partial charge in [0.15, 0.2) is 0 Å². The lowest BCUT2D eigenvalue weighted by Gasteiger charge is -2.14. The number of hydrogen-bond acceptors (Lipinski definition) is 5. The molecule has 4 aromatic rings. The molecule has 0 spiro atoms. The van der Waals surface area contributed by atoms with Crippen molar-refractivity contribution < 1.29 is 4.74 Å². The van der Waals surface area contributed by atoms with Crippen molar-refractivity contribution in [1.29, 1.82) is 5.26 Å². The van der Waals surface area contributed by atoms with Gasteiger partial charge in [0.25, 0.3) is 0 Å². The average molecular weight is 383 g/mol. The number of nitrogens with one attached hydrogen (secondary N) is 2. The standard InChI is InChI=1S/C23H21N5O/c1-13-9-14(2)21(15(3)10-13)29-22-20-19(16(4)12-25-20)27-23(28-22)26-18-7-5-17(11-24)6-8-18/h5-10,12,25H,1-4H3,(H,26,27,28). The summed E-state index contributed by atoms with van der Waals surface area (Å²) in [6.45, 7) is 8.12. The van der Waals surface area contributed by atoms with Crippen LogP contribution in [0.5, 0.6) is 11.6 Å². The van der Waals surface area contributed by atoms with Crippen LogP contribution in [0, 0.1) is 39.0 Å². The minimum atomic E-state index is 0.433. The number of ether oxygens (including phenoxy) is 1. The summed E-state index contributed by atoms with van der Waals surface area (Å²) in [5, 5.41) is 12.2. The highest BCUT2D eigenvalue weighted by Gasteiger charge is 2.16. The third-order valence-corrected chi connectivity index (χ3v) is 4.76. The molecular weight excluding hydrogens is 362 g/mol. The van der Waals surface area contributed by atoms with Gasteiger partial charge in [0, 0.05) is 11.9 Å². The van der Waals surface area contributed by atoms with Gasteiger partial charge in [-0.05, 0) is 68.7 Å². The van der Waals surface area contributed by atoms with Crippen molar-refractivity contribution in [2.45, 2.75) is 27.7 Å². The number of rotatable bonds is 4. The fraction of sp³-hybridized carbons (Fsp3) is 0.174. The van der Waals surface area contributed by atoms with E-state index in [4.69, 9.17) is 10.00 Å². The maximum absolute atomic E-state index is 8.97. The van der Waals surface area contributed by atoms with Crippen LogP contribution in [0.25, 0.3) is 11.0 Å². The van der Waals surface area contributed by atoms with E-state index >= 15 is 0 Å². The van der Waals surface area contributed by atoms with Crippen LogP contribution in [0.15, 0.2) is 42.6 Å². The Morgan fingerprint density at radius 3 is 2.31 bits per heavy atom. The topological polar surface area (TPSA) is 86.6 Å². The van der Waals surface area contributed by atoms with Gasteiger partial charge in [0.05, 0.1) is 11.6 Å². The zero-order valence-corrected chi connectivity index (χ0v) is 16.8. The van der Waals surface area contributed by atoms with Gasteiger partial charge in [0.1, 0.15) is 16.8 Å². The lowest BCUT2D eigenvalue weighted by atomic mass is 10.1. The molecule has 0 aliphatic carbocycles. The lowest BCUT2D eigenvalue weighted by molar-refractivity contribution is 0.461. The SMILES string of the molecule is Cc1cc(C)c(Oc2nc(Nc3ccc(C#N)cc3)nc3c(C)c[nH]c23)c(C)c1. The first kappa shape index (κ1) is 18.5. The number of hydrogen-bond donors (Lipinski definition) is 2. The molecule has 29 heavy (non-hydrogen) atoms. The largest absolute Gasteiger partial charge is 0.436 e. The molecule has 6 nitrogen and oxygen atoms in total. The van der Waals surface area contributed by atoms with Crippen molar-refractivity contribution in [3.8, 4) is 17.7 Å². The van der Waals surface area contributed by atoms with Gasteiger partial charge in [0.2, 0.25) is 11.8 Å². The molecule has 0 saturated heterocycles. The molecule has 6 heteroatoms. The Balaban J connectivity index is 1.76. The smallest absolute Gasteiger partial charge is 0.248 e. The normalized spacial score (nSPS) is 10.7. The van der Waals surface area contributed by atoms with Crippen LogP contribution >= 0.6 is 0 Å². The highest BCUT2D eigenvalue weighted by atomic mass is 16.5. The number of H-pyrrole nitrogens is 1. The summed E-state index contributed by atoms with van der Waals surface area (Å²) in [5.74, 6) is 1.70. The second-order valence-electron chi connectivity index (χ2n) is 7.19. The minimum absolute atomic E-state index is 0.433. The molecule has 0 atom stereocenters. The summed E-state index contributed by atoms with van der Waals surface area (Å²) in [6, 6.07) is 13.4. The molecule has 4 rings (SSSR count). The van der Waals surface area contributed by atoms with Crippen molar-refractivity contribution in [1.82, 2.24) is 15.0 Å². The molecule has 2 aromatic heterocycles. The van der Waals surface area contributed by atoms with Gasteiger partial charge < -0.3 is 15.0 Å². The van der Waals surface area contributed by atoms with Crippen molar-refractivity contribution in [2.75, 3.05) is 5.32 Å². The monoisotopic (exact) mass is 383 g/mol. The van der Waals surface area contributed by atoms with Crippen LogP contribution in [0.1, 0.15) is 27.8 Å². The van der Waals surface area contributed by atoms with Crippen LogP contribution in [-0.4, -0.2) is 15.0 Å². The van der Waals surface area contributed by atoms with E-state index in [1.807, 2.05) is 39.1 Å². The average Bonchev–Trinajstić information content (AvgIpc) is 3.06. The summed E-state index contributed by atoms with van der Waals surface area (Å²) in [7, 11) is 0. The molecule has 0 amide bonds. The first-order valence-corrected chi connectivity index (χ1v) is 9.33. The van der Waals surface area contributed by atoms with E-state index in [9.17, 15) is 0 Å². The predicted molar refractivity (Wildman–Crippen MR) is 114 cm³/mol. The Morgan fingerprint density at radius 2 is 1.66 bits per heavy atom. The van der Waals surface area contributed by atoms with Crippen molar-refractivity contribution in [3.63, 3.8) is 0 Å². The van der Waals surface area contributed by atoms with Gasteiger partial charge in [-0.3, -0.25) is 0 Å². The molecular formula is C23H21N5O. The third-order valence-electron chi connectivity index (χ3n) is 4.76. The fourth-order valence-electron chi connectivity index (χ4n) is 3.42. The molecule has 2 heterocycles. The maximum atomic E-state index is 8.97. The molecule has 144 valence electrons. The number of aromatic amines is 1.